The second-order valence-electron chi connectivity index (χ2n) is 4.13. The Morgan fingerprint density at radius 3 is 2.89 bits per heavy atom. The summed E-state index contributed by atoms with van der Waals surface area (Å²) in [5, 5.41) is 24.2. The minimum atomic E-state index is -0.494. The third-order valence-corrected chi connectivity index (χ3v) is 3.28. The number of halogens is 1. The molecule has 0 radical (unpaired) electrons. The SMILES string of the molecule is CCCCC(O)c1ccc(Br)cc1-c1nn[nH]n1.[H-].[Li+]. The van der Waals surface area contributed by atoms with Gasteiger partial charge >= 0.3 is 18.9 Å². The number of hydrogen-bond acceptors (Lipinski definition) is 4. The van der Waals surface area contributed by atoms with E-state index in [4.69, 9.17) is 0 Å². The number of H-pyrrole nitrogens is 1. The largest absolute Gasteiger partial charge is 1.00 e. The van der Waals surface area contributed by atoms with E-state index >= 15 is 0 Å². The number of nitrogens with zero attached hydrogens (tertiary/aromatic N) is 3. The van der Waals surface area contributed by atoms with E-state index in [1.807, 2.05) is 18.2 Å². The molecule has 0 spiro atoms. The summed E-state index contributed by atoms with van der Waals surface area (Å²) in [4.78, 5) is 0. The molecule has 1 unspecified atom stereocenters. The van der Waals surface area contributed by atoms with Crippen molar-refractivity contribution in [3.8, 4) is 11.4 Å². The van der Waals surface area contributed by atoms with Crippen LogP contribution in [0.15, 0.2) is 22.7 Å². The van der Waals surface area contributed by atoms with Crippen molar-refractivity contribution < 1.29 is 25.4 Å². The predicted octanol–water partition coefficient (Wildman–Crippen LogP) is -0.0307. The maximum Gasteiger partial charge on any atom is 1.00 e. The Bertz CT molecular complexity index is 512. The van der Waals surface area contributed by atoms with Gasteiger partial charge in [-0.3, -0.25) is 0 Å². The molecule has 0 aliphatic heterocycles. The molecule has 0 saturated heterocycles. The van der Waals surface area contributed by atoms with E-state index in [2.05, 4.69) is 43.5 Å². The number of unbranched alkanes of at least 4 members (excludes halogenated alkanes) is 1. The zero-order valence-electron chi connectivity index (χ0n) is 12.1. The van der Waals surface area contributed by atoms with Crippen LogP contribution in [0.4, 0.5) is 0 Å². The summed E-state index contributed by atoms with van der Waals surface area (Å²) >= 11 is 3.42. The van der Waals surface area contributed by atoms with Crippen LogP contribution < -0.4 is 18.9 Å². The Morgan fingerprint density at radius 1 is 1.47 bits per heavy atom. The summed E-state index contributed by atoms with van der Waals surface area (Å²) in [5.74, 6) is 0.502. The molecule has 1 aromatic heterocycles. The van der Waals surface area contributed by atoms with Crippen LogP contribution in [-0.4, -0.2) is 25.7 Å². The molecule has 0 saturated carbocycles. The van der Waals surface area contributed by atoms with E-state index in [1.54, 1.807) is 0 Å². The van der Waals surface area contributed by atoms with Gasteiger partial charge in [-0.25, -0.2) is 0 Å². The number of hydrogen-bond donors (Lipinski definition) is 2. The monoisotopic (exact) mass is 318 g/mol. The molecular weight excluding hydrogens is 303 g/mol. The fourth-order valence-electron chi connectivity index (χ4n) is 1.84. The second-order valence-corrected chi connectivity index (χ2v) is 5.04. The van der Waals surface area contributed by atoms with Crippen molar-refractivity contribution in [3.63, 3.8) is 0 Å². The molecule has 2 aromatic rings. The molecule has 0 fully saturated rings. The normalized spacial score (nSPS) is 11.9. The van der Waals surface area contributed by atoms with Gasteiger partial charge in [0, 0.05) is 10.0 Å². The maximum atomic E-state index is 10.2. The Kier molecular flexibility index (Phi) is 6.73. The fourth-order valence-corrected chi connectivity index (χ4v) is 2.20. The molecule has 5 nitrogen and oxygen atoms in total. The summed E-state index contributed by atoms with van der Waals surface area (Å²) in [6, 6.07) is 5.71. The number of rotatable bonds is 5. The number of nitrogens with one attached hydrogen (secondary N) is 1. The molecule has 1 heterocycles. The summed E-state index contributed by atoms with van der Waals surface area (Å²) < 4.78 is 0.925. The number of aromatic amines is 1. The van der Waals surface area contributed by atoms with Crippen LogP contribution in [0.1, 0.15) is 39.3 Å². The van der Waals surface area contributed by atoms with Crippen LogP contribution in [0.5, 0.6) is 0 Å². The topological polar surface area (TPSA) is 74.7 Å². The number of aliphatic hydroxyl groups excluding tert-OH is 1. The van der Waals surface area contributed by atoms with Crippen LogP contribution in [-0.2, 0) is 0 Å². The summed E-state index contributed by atoms with van der Waals surface area (Å²) in [7, 11) is 0. The minimum Gasteiger partial charge on any atom is -1.00 e. The number of benzene rings is 1. The quantitative estimate of drug-likeness (QED) is 0.759. The number of aliphatic hydroxyl groups is 1. The molecule has 0 bridgehead atoms. The number of tetrazole rings is 1. The van der Waals surface area contributed by atoms with Crippen LogP contribution in [0.2, 0.25) is 0 Å². The standard InChI is InChI=1S/C12H15BrN4O.Li.H/c1-2-3-4-11(18)9-6-5-8(13)7-10(9)12-14-16-17-15-12;;/h5-7,11,18H,2-4H2,1H3,(H,14,15,16,17);;/q;+1;-1. The molecule has 1 aromatic carbocycles. The minimum absolute atomic E-state index is 0. The first kappa shape index (κ1) is 16.4. The fraction of sp³-hybridized carbons (Fsp3) is 0.417. The van der Waals surface area contributed by atoms with Crippen molar-refractivity contribution in [1.29, 1.82) is 0 Å². The van der Waals surface area contributed by atoms with Gasteiger partial charge in [-0.05, 0) is 29.3 Å². The van der Waals surface area contributed by atoms with E-state index in [1.165, 1.54) is 0 Å². The van der Waals surface area contributed by atoms with E-state index in [0.717, 1.165) is 34.9 Å². The molecule has 0 amide bonds. The van der Waals surface area contributed by atoms with Gasteiger partial charge in [0.25, 0.3) is 0 Å². The van der Waals surface area contributed by atoms with E-state index in [0.29, 0.717) is 5.82 Å². The van der Waals surface area contributed by atoms with Gasteiger partial charge in [0.15, 0.2) is 0 Å². The van der Waals surface area contributed by atoms with Crippen LogP contribution in [0, 0.1) is 0 Å². The molecule has 0 aliphatic carbocycles. The second kappa shape index (κ2) is 7.81. The molecule has 2 rings (SSSR count). The summed E-state index contributed by atoms with van der Waals surface area (Å²) in [6.45, 7) is 2.11. The van der Waals surface area contributed by atoms with Crippen molar-refractivity contribution in [2.24, 2.45) is 0 Å². The van der Waals surface area contributed by atoms with Crippen molar-refractivity contribution in [3.05, 3.63) is 28.2 Å². The third-order valence-electron chi connectivity index (χ3n) is 2.79. The summed E-state index contributed by atoms with van der Waals surface area (Å²) in [5.41, 5.74) is 1.65. The first-order valence-corrected chi connectivity index (χ1v) is 6.73. The molecule has 0 aliphatic rings. The van der Waals surface area contributed by atoms with Crippen molar-refractivity contribution in [1.82, 2.24) is 20.6 Å². The van der Waals surface area contributed by atoms with Crippen molar-refractivity contribution in [2.75, 3.05) is 0 Å². The average molecular weight is 319 g/mol. The van der Waals surface area contributed by atoms with E-state index < -0.39 is 6.10 Å². The molecule has 1 atom stereocenters. The first-order chi connectivity index (χ1) is 8.72. The predicted molar refractivity (Wildman–Crippen MR) is 72.9 cm³/mol. The molecule has 98 valence electrons. The van der Waals surface area contributed by atoms with Crippen LogP contribution >= 0.6 is 15.9 Å². The molecule has 2 N–H and O–H groups in total. The number of aromatic nitrogens is 4. The van der Waals surface area contributed by atoms with Gasteiger partial charge in [-0.2, -0.15) is 5.21 Å². The smallest absolute Gasteiger partial charge is 1.00 e. The zero-order valence-corrected chi connectivity index (χ0v) is 12.7. The Hall–Kier alpha value is -0.673. The first-order valence-electron chi connectivity index (χ1n) is 5.93. The van der Waals surface area contributed by atoms with Gasteiger partial charge in [0.2, 0.25) is 5.82 Å². The molecule has 7 heteroatoms. The third kappa shape index (κ3) is 4.15. The van der Waals surface area contributed by atoms with Crippen molar-refractivity contribution >= 4 is 15.9 Å². The summed E-state index contributed by atoms with van der Waals surface area (Å²) in [6.07, 6.45) is 2.29. The van der Waals surface area contributed by atoms with E-state index in [9.17, 15) is 5.11 Å². The van der Waals surface area contributed by atoms with Crippen LogP contribution in [0.3, 0.4) is 0 Å². The van der Waals surface area contributed by atoms with Crippen LogP contribution in [0.25, 0.3) is 11.4 Å². The molecular formula is C12H16BrLiN4O. The van der Waals surface area contributed by atoms with Gasteiger partial charge < -0.3 is 6.53 Å². The Labute approximate surface area is 134 Å². The maximum absolute atomic E-state index is 10.2. The Balaban J connectivity index is 0.00000180. The van der Waals surface area contributed by atoms with Gasteiger partial charge in [0.1, 0.15) is 0 Å². The molecule has 19 heavy (non-hydrogen) atoms. The van der Waals surface area contributed by atoms with E-state index in [-0.39, 0.29) is 20.3 Å². The van der Waals surface area contributed by atoms with Gasteiger partial charge in [0.05, 0.1) is 6.10 Å². The zero-order chi connectivity index (χ0) is 13.0. The average Bonchev–Trinajstić information content (AvgIpc) is 2.89. The van der Waals surface area contributed by atoms with Gasteiger partial charge in [-0.15, -0.1) is 10.2 Å². The van der Waals surface area contributed by atoms with Gasteiger partial charge in [-0.1, -0.05) is 41.8 Å². The Morgan fingerprint density at radius 2 is 2.26 bits per heavy atom. The van der Waals surface area contributed by atoms with Crippen molar-refractivity contribution in [2.45, 2.75) is 32.3 Å².